The van der Waals surface area contributed by atoms with Crippen LogP contribution in [-0.2, 0) is 26.1 Å². The highest BCUT2D eigenvalue weighted by Gasteiger charge is 2.51. The first-order valence-corrected chi connectivity index (χ1v) is 30.6. The van der Waals surface area contributed by atoms with Gasteiger partial charge in [0.15, 0.2) is 5.82 Å². The predicted molar refractivity (Wildman–Crippen MR) is 317 cm³/mol. The van der Waals surface area contributed by atoms with Crippen molar-refractivity contribution in [2.24, 2.45) is 13.0 Å². The summed E-state index contributed by atoms with van der Waals surface area (Å²) in [5.41, 5.74) is 0.644. The van der Waals surface area contributed by atoms with Crippen LogP contribution in [-0.4, -0.2) is 158 Å². The number of carbonyl (C=O) groups excluding carboxylic acids is 4. The van der Waals surface area contributed by atoms with Crippen LogP contribution in [0.1, 0.15) is 121 Å². The molecule has 7 aliphatic heterocycles. The van der Waals surface area contributed by atoms with Crippen molar-refractivity contribution in [3.8, 4) is 29.5 Å². The molecule has 5 atom stereocenters. The molecule has 452 valence electrons. The second-order valence-corrected chi connectivity index (χ2v) is 25.9. The van der Waals surface area contributed by atoms with Crippen molar-refractivity contribution in [2.75, 3.05) is 70.5 Å². The Bertz CT molecular complexity index is 3810. The fourth-order valence-corrected chi connectivity index (χ4v) is 15.3. The molecule has 1 unspecified atom stereocenters. The summed E-state index contributed by atoms with van der Waals surface area (Å²) in [4.78, 5) is 85.2. The number of piperidine rings is 3. The zero-order valence-corrected chi connectivity index (χ0v) is 49.2. The van der Waals surface area contributed by atoms with E-state index in [1.54, 1.807) is 28.6 Å². The number of hydrogen-bond donors (Lipinski definition) is 1. The fourth-order valence-electron chi connectivity index (χ4n) is 15.3. The summed E-state index contributed by atoms with van der Waals surface area (Å²) >= 11 is 0. The third kappa shape index (κ3) is 10.5. The van der Waals surface area contributed by atoms with Gasteiger partial charge in [-0.25, -0.2) is 27.6 Å². The zero-order chi connectivity index (χ0) is 59.9. The Labute approximate surface area is 496 Å². The van der Waals surface area contributed by atoms with E-state index in [2.05, 4.69) is 33.2 Å². The largest absolute Gasteiger partial charge is 0.461 e. The molecule has 13 rings (SSSR count). The third-order valence-electron chi connectivity index (χ3n) is 19.6. The molecule has 7 saturated heterocycles. The number of piperazine rings is 1. The molecule has 0 spiro atoms. The number of carbonyl (C=O) groups is 4. The summed E-state index contributed by atoms with van der Waals surface area (Å²) in [6, 6.07) is 13.6. The molecule has 1 N–H and O–H groups in total. The van der Waals surface area contributed by atoms with Gasteiger partial charge in [-0.1, -0.05) is 36.3 Å². The molecule has 18 nitrogen and oxygen atoms in total. The second-order valence-electron chi connectivity index (χ2n) is 25.9. The Morgan fingerprint density at radius 1 is 0.837 bits per heavy atom. The average molecular weight is 1180 g/mol. The number of imidazole rings is 1. The molecule has 2 aromatic heterocycles. The Morgan fingerprint density at radius 3 is 2.34 bits per heavy atom. The maximum Gasteiger partial charge on any atom is 0.410 e. The summed E-state index contributed by atoms with van der Waals surface area (Å²) in [5.74, 6) is 0.136. The number of aromatic nitrogens is 4. The molecule has 0 radical (unpaired) electrons. The van der Waals surface area contributed by atoms with Crippen molar-refractivity contribution in [3.05, 3.63) is 93.7 Å². The number of nitrogens with one attached hydrogen (secondary N) is 1. The monoisotopic (exact) mass is 1180 g/mol. The lowest BCUT2D eigenvalue weighted by atomic mass is 9.88. The number of nitrogens with zero attached hydrogens (tertiary/aromatic N) is 9. The first-order valence-electron chi connectivity index (χ1n) is 30.6. The SMILES string of the molecule is C#Cc1c(F)ccc2cccc(-c3c(F)cc4c(N5C[C@H]6CC[C@@H](C5)N6C(=O)OC(C)(C)C)nc(OC[C@@]56CCCN5[C@H](COC(=O)N5CCC(CN7CCC(c8ccc9c(c8)n(C)c(=O)n9C8CCC(=O)NC8=O)CC7)CC5)CC6)nc4c3F)c12. The van der Waals surface area contributed by atoms with Crippen LogP contribution in [0, 0.1) is 35.7 Å². The van der Waals surface area contributed by atoms with Crippen molar-refractivity contribution in [1.82, 2.24) is 44.0 Å². The average Bonchev–Trinajstić information content (AvgIpc) is 1.32. The third-order valence-corrected chi connectivity index (χ3v) is 19.6. The first kappa shape index (κ1) is 57.4. The number of hydrogen-bond acceptors (Lipinski definition) is 13. The van der Waals surface area contributed by atoms with E-state index in [9.17, 15) is 24.0 Å². The Morgan fingerprint density at radius 2 is 1.60 bits per heavy atom. The normalized spacial score (nSPS) is 24.2. The van der Waals surface area contributed by atoms with Crippen LogP contribution < -0.4 is 20.6 Å². The molecular formula is C65H73F3N10O8. The zero-order valence-electron chi connectivity index (χ0n) is 49.2. The molecule has 0 saturated carbocycles. The van der Waals surface area contributed by atoms with Gasteiger partial charge in [-0.3, -0.25) is 33.8 Å². The highest BCUT2D eigenvalue weighted by molar-refractivity contribution is 6.04. The summed E-state index contributed by atoms with van der Waals surface area (Å²) in [6.45, 7) is 11.4. The quantitative estimate of drug-likeness (QED) is 0.0961. The molecule has 6 aromatic rings. The minimum absolute atomic E-state index is 0.0375. The van der Waals surface area contributed by atoms with Gasteiger partial charge in [0.1, 0.15) is 47.8 Å². The van der Waals surface area contributed by atoms with Crippen LogP contribution in [0.5, 0.6) is 6.01 Å². The van der Waals surface area contributed by atoms with Crippen LogP contribution in [0.3, 0.4) is 0 Å². The molecule has 86 heavy (non-hydrogen) atoms. The second kappa shape index (κ2) is 22.5. The first-order chi connectivity index (χ1) is 41.3. The lowest BCUT2D eigenvalue weighted by molar-refractivity contribution is -0.135. The van der Waals surface area contributed by atoms with E-state index < -0.39 is 52.2 Å². The molecule has 7 aliphatic rings. The van der Waals surface area contributed by atoms with Gasteiger partial charge in [-0.15, -0.1) is 6.42 Å². The van der Waals surface area contributed by atoms with Gasteiger partial charge in [0.25, 0.3) is 0 Å². The van der Waals surface area contributed by atoms with E-state index in [1.165, 1.54) is 34.4 Å². The summed E-state index contributed by atoms with van der Waals surface area (Å²) in [7, 11) is 1.73. The predicted octanol–water partition coefficient (Wildman–Crippen LogP) is 9.17. The Balaban J connectivity index is 0.650. The lowest BCUT2D eigenvalue weighted by Crippen LogP contribution is -2.57. The van der Waals surface area contributed by atoms with E-state index in [1.807, 2.05) is 36.6 Å². The van der Waals surface area contributed by atoms with Crippen LogP contribution in [0.25, 0.3) is 43.8 Å². The van der Waals surface area contributed by atoms with Gasteiger partial charge in [-0.05, 0) is 164 Å². The number of fused-ring (bicyclic) bond motifs is 6. The van der Waals surface area contributed by atoms with Crippen molar-refractivity contribution in [1.29, 1.82) is 0 Å². The smallest absolute Gasteiger partial charge is 0.410 e. The lowest BCUT2D eigenvalue weighted by Gasteiger charge is -2.42. The van der Waals surface area contributed by atoms with Crippen LogP contribution in [0.4, 0.5) is 28.6 Å². The number of aryl methyl sites for hydroxylation is 1. The van der Waals surface area contributed by atoms with Gasteiger partial charge in [0.2, 0.25) is 11.8 Å². The molecule has 21 heteroatoms. The molecule has 4 amide bonds. The summed E-state index contributed by atoms with van der Waals surface area (Å²) < 4.78 is 71.3. The number of anilines is 1. The van der Waals surface area contributed by atoms with E-state index in [0.29, 0.717) is 68.2 Å². The molecule has 9 heterocycles. The molecule has 2 bridgehead atoms. The van der Waals surface area contributed by atoms with Crippen molar-refractivity contribution >= 4 is 62.5 Å². The van der Waals surface area contributed by atoms with E-state index in [-0.39, 0.29) is 94.7 Å². The Kier molecular flexibility index (Phi) is 15.0. The number of likely N-dealkylation sites (tertiary alicyclic amines) is 2. The summed E-state index contributed by atoms with van der Waals surface area (Å²) in [5, 5.41) is 3.22. The van der Waals surface area contributed by atoms with Gasteiger partial charge in [0.05, 0.1) is 39.8 Å². The summed E-state index contributed by atoms with van der Waals surface area (Å²) in [6.07, 6.45) is 14.0. The molecule has 4 aromatic carbocycles. The van der Waals surface area contributed by atoms with Crippen LogP contribution >= 0.6 is 0 Å². The van der Waals surface area contributed by atoms with Gasteiger partial charge in [0, 0.05) is 63.0 Å². The van der Waals surface area contributed by atoms with Gasteiger partial charge < -0.3 is 28.9 Å². The highest BCUT2D eigenvalue weighted by atomic mass is 19.1. The molecule has 0 aliphatic carbocycles. The maximum absolute atomic E-state index is 17.6. The molecule has 7 fully saturated rings. The van der Waals surface area contributed by atoms with E-state index in [4.69, 9.17) is 30.6 Å². The number of terminal acetylenes is 1. The number of amides is 4. The topological polar surface area (TPSA) is 177 Å². The van der Waals surface area contributed by atoms with Crippen molar-refractivity contribution < 1.29 is 46.6 Å². The number of imide groups is 1. The number of halogens is 3. The Hall–Kier alpha value is -7.70. The van der Waals surface area contributed by atoms with E-state index in [0.717, 1.165) is 83.1 Å². The number of ether oxygens (including phenoxy) is 3. The highest BCUT2D eigenvalue weighted by Crippen LogP contribution is 2.45. The maximum atomic E-state index is 17.6. The van der Waals surface area contributed by atoms with Crippen molar-refractivity contribution in [3.63, 3.8) is 0 Å². The van der Waals surface area contributed by atoms with E-state index >= 15 is 13.2 Å². The number of rotatable bonds is 11. The number of benzene rings is 4. The van der Waals surface area contributed by atoms with Crippen molar-refractivity contribution in [2.45, 2.75) is 139 Å². The van der Waals surface area contributed by atoms with Gasteiger partial charge in [-0.2, -0.15) is 9.97 Å². The minimum Gasteiger partial charge on any atom is -0.461 e. The molecular weight excluding hydrogens is 1110 g/mol. The minimum atomic E-state index is -0.973. The fraction of sp³-hybridized carbons (Fsp3) is 0.523. The van der Waals surface area contributed by atoms with Crippen LogP contribution in [0.2, 0.25) is 0 Å². The standard InChI is InChI=1S/C65H73F3N10O8/c1-6-45-48(66)15-11-40-9-7-10-46(54(40)45)55-49(67)32-47-57(56(55)68)70-60(71-58(47)75-34-42-13-14-43(35-75)77(42)63(83)86-64(2,3)4)85-37-65-24-8-26-76(65)44(19-25-65)36-84-62(82)74-29-20-38(21-30-74)33-73-27-22-39(23-28-73)41-12-16-50-52(31-41)72(5)61(81)78(50)51-17-18-53(79)69-59(51)80/h1,7,9-12,15-16,31-32,38-39,42-44,51H,8,13-14,17-30,33-37H2,2-5H3,(H,69,79,80)/t42-,43+,44-,51?,65-/m0/s1. The van der Waals surface area contributed by atoms with Crippen LogP contribution in [0.15, 0.2) is 59.4 Å². The van der Waals surface area contributed by atoms with Gasteiger partial charge >= 0.3 is 23.9 Å².